The average molecular weight is 203 g/mol. The Morgan fingerprint density at radius 2 is 2.36 bits per heavy atom. The van der Waals surface area contributed by atoms with Gasteiger partial charge in [-0.2, -0.15) is 0 Å². The SMILES string of the molecule is CC(C)OC(=O)N1CCOCC(O)C1. The normalized spacial score (nSPS) is 23.4. The first-order valence-electron chi connectivity index (χ1n) is 4.81. The molecule has 1 heterocycles. The van der Waals surface area contributed by atoms with Gasteiger partial charge in [0.05, 0.1) is 32.0 Å². The standard InChI is InChI=1S/C9H17NO4/c1-7(2)14-9(12)10-3-4-13-6-8(11)5-10/h7-8,11H,3-6H2,1-2H3. The maximum absolute atomic E-state index is 11.4. The summed E-state index contributed by atoms with van der Waals surface area (Å²) in [5, 5.41) is 9.37. The second kappa shape index (κ2) is 5.17. The van der Waals surface area contributed by atoms with Crippen LogP contribution in [0.2, 0.25) is 0 Å². The number of carbonyl (C=O) groups excluding carboxylic acids is 1. The molecule has 0 bridgehead atoms. The molecule has 1 unspecified atom stereocenters. The number of β-amino-alcohol motifs (C(OH)–C–C–N with tert-alkyl or cyclic N) is 1. The molecule has 0 aliphatic carbocycles. The Kier molecular flexibility index (Phi) is 4.16. The molecule has 1 rings (SSSR count). The molecule has 0 saturated carbocycles. The summed E-state index contributed by atoms with van der Waals surface area (Å²) in [6.45, 7) is 5.08. The van der Waals surface area contributed by atoms with Gasteiger partial charge in [-0.25, -0.2) is 4.79 Å². The van der Waals surface area contributed by atoms with Crippen LogP contribution in [0.4, 0.5) is 4.79 Å². The van der Waals surface area contributed by atoms with Gasteiger partial charge in [-0.3, -0.25) is 0 Å². The fraction of sp³-hybridized carbons (Fsp3) is 0.889. The third-order valence-electron chi connectivity index (χ3n) is 1.84. The third kappa shape index (κ3) is 3.51. The molecule has 1 atom stereocenters. The highest BCUT2D eigenvalue weighted by Crippen LogP contribution is 2.04. The van der Waals surface area contributed by atoms with E-state index >= 15 is 0 Å². The molecule has 0 aromatic heterocycles. The van der Waals surface area contributed by atoms with Gasteiger partial charge in [-0.05, 0) is 13.8 Å². The predicted octanol–water partition coefficient (Wildman–Crippen LogP) is 0.224. The van der Waals surface area contributed by atoms with Crippen molar-refractivity contribution < 1.29 is 19.4 Å². The first kappa shape index (κ1) is 11.3. The predicted molar refractivity (Wildman–Crippen MR) is 50.0 cm³/mol. The van der Waals surface area contributed by atoms with E-state index in [-0.39, 0.29) is 25.3 Å². The highest BCUT2D eigenvalue weighted by molar-refractivity contribution is 5.67. The quantitative estimate of drug-likeness (QED) is 0.662. The number of ether oxygens (including phenoxy) is 2. The second-order valence-corrected chi connectivity index (χ2v) is 3.61. The van der Waals surface area contributed by atoms with Crippen molar-refractivity contribution in [3.05, 3.63) is 0 Å². The summed E-state index contributed by atoms with van der Waals surface area (Å²) in [4.78, 5) is 12.9. The smallest absolute Gasteiger partial charge is 0.410 e. The minimum Gasteiger partial charge on any atom is -0.447 e. The maximum atomic E-state index is 11.4. The lowest BCUT2D eigenvalue weighted by Gasteiger charge is -2.21. The zero-order valence-electron chi connectivity index (χ0n) is 8.60. The van der Waals surface area contributed by atoms with Crippen LogP contribution in [0.1, 0.15) is 13.8 Å². The summed E-state index contributed by atoms with van der Waals surface area (Å²) in [7, 11) is 0. The lowest BCUT2D eigenvalue weighted by Crippen LogP contribution is -2.39. The third-order valence-corrected chi connectivity index (χ3v) is 1.84. The van der Waals surface area contributed by atoms with E-state index in [1.165, 1.54) is 4.90 Å². The molecule has 82 valence electrons. The van der Waals surface area contributed by atoms with Gasteiger partial charge in [-0.15, -0.1) is 0 Å². The molecule has 5 nitrogen and oxygen atoms in total. The van der Waals surface area contributed by atoms with Crippen LogP contribution in [0.3, 0.4) is 0 Å². The molecule has 1 aliphatic heterocycles. The summed E-state index contributed by atoms with van der Waals surface area (Å²) in [6.07, 6.45) is -1.13. The van der Waals surface area contributed by atoms with Crippen LogP contribution in [-0.4, -0.2) is 54.6 Å². The summed E-state index contributed by atoms with van der Waals surface area (Å²) in [5.41, 5.74) is 0. The van der Waals surface area contributed by atoms with Gasteiger partial charge in [0.1, 0.15) is 0 Å². The topological polar surface area (TPSA) is 59.0 Å². The van der Waals surface area contributed by atoms with Crippen molar-refractivity contribution >= 4 is 6.09 Å². The van der Waals surface area contributed by atoms with Crippen molar-refractivity contribution in [3.8, 4) is 0 Å². The van der Waals surface area contributed by atoms with E-state index in [0.29, 0.717) is 13.2 Å². The van der Waals surface area contributed by atoms with E-state index in [9.17, 15) is 9.90 Å². The highest BCUT2D eigenvalue weighted by Gasteiger charge is 2.22. The Balaban J connectivity index is 2.44. The van der Waals surface area contributed by atoms with Crippen molar-refractivity contribution in [1.29, 1.82) is 0 Å². The van der Waals surface area contributed by atoms with Gasteiger partial charge >= 0.3 is 6.09 Å². The molecule has 0 aromatic carbocycles. The first-order chi connectivity index (χ1) is 6.59. The van der Waals surface area contributed by atoms with Crippen molar-refractivity contribution in [3.63, 3.8) is 0 Å². The zero-order valence-corrected chi connectivity index (χ0v) is 8.60. The van der Waals surface area contributed by atoms with E-state index in [1.54, 1.807) is 13.8 Å². The fourth-order valence-corrected chi connectivity index (χ4v) is 1.23. The van der Waals surface area contributed by atoms with Crippen molar-refractivity contribution in [2.45, 2.75) is 26.1 Å². The fourth-order valence-electron chi connectivity index (χ4n) is 1.23. The number of amides is 1. The van der Waals surface area contributed by atoms with Crippen LogP contribution in [0.15, 0.2) is 0 Å². The van der Waals surface area contributed by atoms with E-state index in [1.807, 2.05) is 0 Å². The second-order valence-electron chi connectivity index (χ2n) is 3.61. The van der Waals surface area contributed by atoms with Crippen LogP contribution < -0.4 is 0 Å². The summed E-state index contributed by atoms with van der Waals surface area (Å²) in [6, 6.07) is 0. The van der Waals surface area contributed by atoms with E-state index < -0.39 is 6.10 Å². The molecule has 1 N–H and O–H groups in total. The highest BCUT2D eigenvalue weighted by atomic mass is 16.6. The number of carbonyl (C=O) groups is 1. The molecule has 1 aliphatic rings. The Morgan fingerprint density at radius 1 is 1.64 bits per heavy atom. The average Bonchev–Trinajstić information content (AvgIpc) is 2.28. The Bertz CT molecular complexity index is 195. The monoisotopic (exact) mass is 203 g/mol. The van der Waals surface area contributed by atoms with Crippen LogP contribution in [0.25, 0.3) is 0 Å². The maximum Gasteiger partial charge on any atom is 0.410 e. The molecular formula is C9H17NO4. The number of rotatable bonds is 1. The molecule has 1 amide bonds. The largest absolute Gasteiger partial charge is 0.447 e. The van der Waals surface area contributed by atoms with Gasteiger partial charge in [0.2, 0.25) is 0 Å². The van der Waals surface area contributed by atoms with E-state index in [2.05, 4.69) is 0 Å². The number of aliphatic hydroxyl groups excluding tert-OH is 1. The molecular weight excluding hydrogens is 186 g/mol. The Hall–Kier alpha value is -0.810. The summed E-state index contributed by atoms with van der Waals surface area (Å²) >= 11 is 0. The number of hydrogen-bond acceptors (Lipinski definition) is 4. The lowest BCUT2D eigenvalue weighted by molar-refractivity contribution is 0.0504. The van der Waals surface area contributed by atoms with Gasteiger partial charge < -0.3 is 19.5 Å². The first-order valence-corrected chi connectivity index (χ1v) is 4.81. The molecule has 0 radical (unpaired) electrons. The minimum atomic E-state index is -0.614. The summed E-state index contributed by atoms with van der Waals surface area (Å²) < 4.78 is 10.1. The Labute approximate surface area is 83.6 Å². The van der Waals surface area contributed by atoms with Gasteiger partial charge in [0.25, 0.3) is 0 Å². The lowest BCUT2D eigenvalue weighted by atomic mass is 10.3. The number of aliphatic hydroxyl groups is 1. The van der Waals surface area contributed by atoms with Crippen molar-refractivity contribution in [1.82, 2.24) is 4.90 Å². The molecule has 0 spiro atoms. The number of nitrogens with zero attached hydrogens (tertiary/aromatic N) is 1. The molecule has 0 aromatic rings. The van der Waals surface area contributed by atoms with Crippen molar-refractivity contribution in [2.75, 3.05) is 26.3 Å². The minimum absolute atomic E-state index is 0.135. The molecule has 14 heavy (non-hydrogen) atoms. The van der Waals surface area contributed by atoms with Crippen molar-refractivity contribution in [2.24, 2.45) is 0 Å². The number of hydrogen-bond donors (Lipinski definition) is 1. The zero-order chi connectivity index (χ0) is 10.6. The van der Waals surface area contributed by atoms with Gasteiger partial charge in [0, 0.05) is 6.54 Å². The molecule has 1 fully saturated rings. The van der Waals surface area contributed by atoms with Crippen LogP contribution in [-0.2, 0) is 9.47 Å². The van der Waals surface area contributed by atoms with E-state index in [0.717, 1.165) is 0 Å². The Morgan fingerprint density at radius 3 is 3.00 bits per heavy atom. The van der Waals surface area contributed by atoms with E-state index in [4.69, 9.17) is 9.47 Å². The molecule has 5 heteroatoms. The van der Waals surface area contributed by atoms with Gasteiger partial charge in [-0.1, -0.05) is 0 Å². The van der Waals surface area contributed by atoms with Gasteiger partial charge in [0.15, 0.2) is 0 Å². The van der Waals surface area contributed by atoms with Crippen LogP contribution in [0.5, 0.6) is 0 Å². The summed E-state index contributed by atoms with van der Waals surface area (Å²) in [5.74, 6) is 0. The van der Waals surface area contributed by atoms with Crippen LogP contribution >= 0.6 is 0 Å². The molecule has 1 saturated heterocycles. The van der Waals surface area contributed by atoms with Crippen LogP contribution in [0, 0.1) is 0 Å².